The number of nitrogens with one attached hydrogen (secondary N) is 1. The molecule has 4 rings (SSSR count). The molecule has 176 valence electrons. The molecule has 4 aromatic rings. The minimum Gasteiger partial charge on any atom is -0.493 e. The number of carbonyl (C=O) groups is 1. The highest BCUT2D eigenvalue weighted by molar-refractivity contribution is 5.81. The maximum atomic E-state index is 12.8. The smallest absolute Gasteiger partial charge is 0.261 e. The van der Waals surface area contributed by atoms with Crippen LogP contribution in [0.3, 0.4) is 0 Å². The Morgan fingerprint density at radius 1 is 1.06 bits per heavy atom. The van der Waals surface area contributed by atoms with Crippen molar-refractivity contribution in [1.82, 2.24) is 24.6 Å². The van der Waals surface area contributed by atoms with E-state index in [0.29, 0.717) is 54.9 Å². The Hall–Kier alpha value is -4.14. The molecule has 9 nitrogen and oxygen atoms in total. The van der Waals surface area contributed by atoms with Crippen LogP contribution in [0.15, 0.2) is 66.0 Å². The first-order valence-corrected chi connectivity index (χ1v) is 11.0. The molecule has 0 aliphatic carbocycles. The van der Waals surface area contributed by atoms with Gasteiger partial charge in [0, 0.05) is 38.0 Å². The van der Waals surface area contributed by atoms with Gasteiger partial charge in [-0.25, -0.2) is 4.98 Å². The Morgan fingerprint density at radius 2 is 1.79 bits per heavy atom. The zero-order chi connectivity index (χ0) is 23.9. The molecule has 1 N–H and O–H groups in total. The lowest BCUT2D eigenvalue weighted by molar-refractivity contribution is -0.121. The maximum absolute atomic E-state index is 12.8. The van der Waals surface area contributed by atoms with Crippen molar-refractivity contribution in [2.45, 2.75) is 32.5 Å². The molecule has 34 heavy (non-hydrogen) atoms. The molecule has 0 radical (unpaired) electrons. The first-order valence-electron chi connectivity index (χ1n) is 11.0. The SMILES string of the molecule is COc1cc2ncn(CCCC(=O)NCc3ccc(Cn4cccn4)cc3)c(=O)c2cc1OC. The van der Waals surface area contributed by atoms with Crippen LogP contribution >= 0.6 is 0 Å². The summed E-state index contributed by atoms with van der Waals surface area (Å²) in [5, 5.41) is 7.58. The number of benzene rings is 2. The molecule has 0 fully saturated rings. The van der Waals surface area contributed by atoms with E-state index in [9.17, 15) is 9.59 Å². The number of aryl methyl sites for hydroxylation is 1. The normalized spacial score (nSPS) is 10.9. The van der Waals surface area contributed by atoms with E-state index in [1.807, 2.05) is 41.2 Å². The quantitative estimate of drug-likeness (QED) is 0.390. The molecule has 9 heteroatoms. The average Bonchev–Trinajstić information content (AvgIpc) is 3.37. The van der Waals surface area contributed by atoms with Gasteiger partial charge in [-0.15, -0.1) is 0 Å². The molecule has 0 saturated carbocycles. The topological polar surface area (TPSA) is 100 Å². The second kappa shape index (κ2) is 10.7. The van der Waals surface area contributed by atoms with E-state index in [2.05, 4.69) is 15.4 Å². The molecular formula is C25H27N5O4. The number of rotatable bonds is 10. The fraction of sp³-hybridized carbons (Fsp3) is 0.280. The summed E-state index contributed by atoms with van der Waals surface area (Å²) in [6.07, 6.45) is 6.01. The number of fused-ring (bicyclic) bond motifs is 1. The van der Waals surface area contributed by atoms with Gasteiger partial charge >= 0.3 is 0 Å². The van der Waals surface area contributed by atoms with Gasteiger partial charge in [0.25, 0.3) is 5.56 Å². The van der Waals surface area contributed by atoms with E-state index in [1.54, 1.807) is 18.3 Å². The van der Waals surface area contributed by atoms with Crippen LogP contribution < -0.4 is 20.3 Å². The number of hydrogen-bond acceptors (Lipinski definition) is 6. The number of hydrogen-bond donors (Lipinski definition) is 1. The van der Waals surface area contributed by atoms with Gasteiger partial charge < -0.3 is 14.8 Å². The van der Waals surface area contributed by atoms with Gasteiger partial charge in [0.15, 0.2) is 11.5 Å². The Kier molecular flexibility index (Phi) is 7.22. The fourth-order valence-electron chi connectivity index (χ4n) is 3.69. The Labute approximate surface area is 197 Å². The Bertz CT molecular complexity index is 1310. The monoisotopic (exact) mass is 461 g/mol. The van der Waals surface area contributed by atoms with E-state index in [0.717, 1.165) is 11.1 Å². The van der Waals surface area contributed by atoms with Crippen molar-refractivity contribution in [3.05, 3.63) is 82.7 Å². The van der Waals surface area contributed by atoms with Gasteiger partial charge in [-0.05, 0) is 29.7 Å². The summed E-state index contributed by atoms with van der Waals surface area (Å²) in [7, 11) is 3.06. The summed E-state index contributed by atoms with van der Waals surface area (Å²) < 4.78 is 13.9. The predicted molar refractivity (Wildman–Crippen MR) is 128 cm³/mol. The number of carbonyl (C=O) groups excluding carboxylic acids is 1. The van der Waals surface area contributed by atoms with Crippen LogP contribution in [0, 0.1) is 0 Å². The largest absolute Gasteiger partial charge is 0.493 e. The Morgan fingerprint density at radius 3 is 2.50 bits per heavy atom. The summed E-state index contributed by atoms with van der Waals surface area (Å²) in [5.74, 6) is 0.929. The van der Waals surface area contributed by atoms with Crippen LogP contribution in [0.2, 0.25) is 0 Å². The Balaban J connectivity index is 1.28. The van der Waals surface area contributed by atoms with Gasteiger partial charge in [0.05, 0.1) is 38.0 Å². The van der Waals surface area contributed by atoms with Crippen LogP contribution in [0.5, 0.6) is 11.5 Å². The number of nitrogens with zero attached hydrogens (tertiary/aromatic N) is 4. The molecular weight excluding hydrogens is 434 g/mol. The predicted octanol–water partition coefficient (Wildman–Crippen LogP) is 2.76. The third-order valence-corrected chi connectivity index (χ3v) is 5.55. The van der Waals surface area contributed by atoms with Crippen molar-refractivity contribution in [3.63, 3.8) is 0 Å². The molecule has 0 saturated heterocycles. The molecule has 0 unspecified atom stereocenters. The highest BCUT2D eigenvalue weighted by Gasteiger charge is 2.11. The minimum atomic E-state index is -0.179. The van der Waals surface area contributed by atoms with E-state index in [1.165, 1.54) is 25.1 Å². The van der Waals surface area contributed by atoms with E-state index in [4.69, 9.17) is 9.47 Å². The zero-order valence-corrected chi connectivity index (χ0v) is 19.2. The summed E-state index contributed by atoms with van der Waals surface area (Å²) in [6, 6.07) is 13.3. The number of aromatic nitrogens is 4. The lowest BCUT2D eigenvalue weighted by Crippen LogP contribution is -2.24. The molecule has 0 atom stereocenters. The third kappa shape index (κ3) is 5.43. The van der Waals surface area contributed by atoms with Gasteiger partial charge in [0.2, 0.25) is 5.91 Å². The molecule has 0 aliphatic heterocycles. The standard InChI is InChI=1S/C25H27N5O4/c1-33-22-13-20-21(14-23(22)34-2)27-17-29(25(20)32)11-3-5-24(31)26-15-18-6-8-19(9-7-18)16-30-12-4-10-28-30/h4,6-10,12-14,17H,3,5,11,15-16H2,1-2H3,(H,26,31). The van der Waals surface area contributed by atoms with Crippen molar-refractivity contribution in [1.29, 1.82) is 0 Å². The first-order chi connectivity index (χ1) is 16.6. The maximum Gasteiger partial charge on any atom is 0.261 e. The van der Waals surface area contributed by atoms with Crippen LogP contribution in [-0.2, 0) is 24.4 Å². The molecule has 0 spiro atoms. The highest BCUT2D eigenvalue weighted by Crippen LogP contribution is 2.29. The summed E-state index contributed by atoms with van der Waals surface area (Å²) in [4.78, 5) is 29.5. The molecule has 0 bridgehead atoms. The van der Waals surface area contributed by atoms with Crippen molar-refractivity contribution in [2.24, 2.45) is 0 Å². The highest BCUT2D eigenvalue weighted by atomic mass is 16.5. The van der Waals surface area contributed by atoms with Crippen LogP contribution in [0.25, 0.3) is 10.9 Å². The first kappa shape index (κ1) is 23.0. The number of ether oxygens (including phenoxy) is 2. The molecule has 0 aliphatic rings. The number of amides is 1. The van der Waals surface area contributed by atoms with Crippen molar-refractivity contribution >= 4 is 16.8 Å². The molecule has 2 heterocycles. The van der Waals surface area contributed by atoms with Gasteiger partial charge in [-0.1, -0.05) is 24.3 Å². The van der Waals surface area contributed by atoms with Gasteiger partial charge in [-0.2, -0.15) is 5.10 Å². The number of methoxy groups -OCH3 is 2. The molecule has 2 aromatic carbocycles. The van der Waals surface area contributed by atoms with Gasteiger partial charge in [0.1, 0.15) is 0 Å². The summed E-state index contributed by atoms with van der Waals surface area (Å²) >= 11 is 0. The summed E-state index contributed by atoms with van der Waals surface area (Å²) in [6.45, 7) is 1.56. The van der Waals surface area contributed by atoms with Crippen LogP contribution in [0.4, 0.5) is 0 Å². The van der Waals surface area contributed by atoms with E-state index >= 15 is 0 Å². The summed E-state index contributed by atoms with van der Waals surface area (Å²) in [5.41, 5.74) is 2.52. The second-order valence-electron chi connectivity index (χ2n) is 7.87. The van der Waals surface area contributed by atoms with Gasteiger partial charge in [-0.3, -0.25) is 18.8 Å². The van der Waals surface area contributed by atoms with E-state index in [-0.39, 0.29) is 11.5 Å². The van der Waals surface area contributed by atoms with Crippen molar-refractivity contribution < 1.29 is 14.3 Å². The van der Waals surface area contributed by atoms with E-state index < -0.39 is 0 Å². The molecule has 1 amide bonds. The lowest BCUT2D eigenvalue weighted by Gasteiger charge is -2.11. The third-order valence-electron chi connectivity index (χ3n) is 5.55. The average molecular weight is 462 g/mol. The fourth-order valence-corrected chi connectivity index (χ4v) is 3.69. The zero-order valence-electron chi connectivity index (χ0n) is 19.2. The van der Waals surface area contributed by atoms with Crippen LogP contribution in [0.1, 0.15) is 24.0 Å². The lowest BCUT2D eigenvalue weighted by atomic mass is 10.1. The van der Waals surface area contributed by atoms with Crippen molar-refractivity contribution in [2.75, 3.05) is 14.2 Å². The minimum absolute atomic E-state index is 0.0613. The van der Waals surface area contributed by atoms with Crippen LogP contribution in [-0.4, -0.2) is 39.5 Å². The molecule has 2 aromatic heterocycles. The van der Waals surface area contributed by atoms with Crippen molar-refractivity contribution in [3.8, 4) is 11.5 Å². The second-order valence-corrected chi connectivity index (χ2v) is 7.87.